The summed E-state index contributed by atoms with van der Waals surface area (Å²) in [4.78, 5) is 17.2. The number of methoxy groups -OCH3 is 1. The SMILES string of the molecule is CCCOc1ccc(-c2nc3n(c(=O)c2C#N)CCCS3)cc1OC. The Labute approximate surface area is 150 Å². The van der Waals surface area contributed by atoms with Crippen molar-refractivity contribution in [1.82, 2.24) is 9.55 Å². The van der Waals surface area contributed by atoms with Crippen LogP contribution >= 0.6 is 11.8 Å². The van der Waals surface area contributed by atoms with Gasteiger partial charge in [0.25, 0.3) is 5.56 Å². The fourth-order valence-corrected chi connectivity index (χ4v) is 3.63. The summed E-state index contributed by atoms with van der Waals surface area (Å²) in [6, 6.07) is 7.38. The molecular weight excluding hydrogens is 338 g/mol. The second-order valence-corrected chi connectivity index (χ2v) is 6.66. The number of nitrogens with zero attached hydrogens (tertiary/aromatic N) is 3. The van der Waals surface area contributed by atoms with Crippen LogP contribution in [-0.4, -0.2) is 29.0 Å². The Morgan fingerprint density at radius 1 is 1.40 bits per heavy atom. The largest absolute Gasteiger partial charge is 0.493 e. The number of aromatic nitrogens is 2. The number of nitriles is 1. The molecule has 0 radical (unpaired) electrons. The highest BCUT2D eigenvalue weighted by molar-refractivity contribution is 7.99. The molecule has 3 rings (SSSR count). The predicted molar refractivity (Wildman–Crippen MR) is 96.3 cm³/mol. The van der Waals surface area contributed by atoms with Crippen LogP contribution < -0.4 is 15.0 Å². The Bertz CT molecular complexity index is 886. The van der Waals surface area contributed by atoms with Crippen molar-refractivity contribution >= 4 is 11.8 Å². The maximum Gasteiger partial charge on any atom is 0.272 e. The van der Waals surface area contributed by atoms with Crippen LogP contribution in [0.2, 0.25) is 0 Å². The molecule has 0 N–H and O–H groups in total. The van der Waals surface area contributed by atoms with E-state index in [4.69, 9.17) is 9.47 Å². The lowest BCUT2D eigenvalue weighted by Crippen LogP contribution is -2.28. The zero-order valence-corrected chi connectivity index (χ0v) is 15.1. The number of benzene rings is 1. The van der Waals surface area contributed by atoms with E-state index in [1.807, 2.05) is 13.0 Å². The summed E-state index contributed by atoms with van der Waals surface area (Å²) in [6.07, 6.45) is 1.80. The van der Waals surface area contributed by atoms with E-state index in [0.717, 1.165) is 18.6 Å². The van der Waals surface area contributed by atoms with E-state index in [-0.39, 0.29) is 11.1 Å². The lowest BCUT2D eigenvalue weighted by Gasteiger charge is -2.18. The Kier molecular flexibility index (Phi) is 5.29. The van der Waals surface area contributed by atoms with E-state index in [9.17, 15) is 10.1 Å². The highest BCUT2D eigenvalue weighted by Crippen LogP contribution is 2.34. The second kappa shape index (κ2) is 7.62. The maximum absolute atomic E-state index is 12.6. The van der Waals surface area contributed by atoms with E-state index in [0.29, 0.717) is 41.1 Å². The van der Waals surface area contributed by atoms with E-state index in [1.54, 1.807) is 41.6 Å². The summed E-state index contributed by atoms with van der Waals surface area (Å²) >= 11 is 1.54. The number of hydrogen-bond acceptors (Lipinski definition) is 6. The van der Waals surface area contributed by atoms with Crippen LogP contribution in [0.4, 0.5) is 0 Å². The molecule has 0 saturated carbocycles. The van der Waals surface area contributed by atoms with E-state index >= 15 is 0 Å². The first-order valence-electron chi connectivity index (χ1n) is 8.18. The first kappa shape index (κ1) is 17.4. The molecule has 0 unspecified atom stereocenters. The molecule has 0 spiro atoms. The molecule has 0 atom stereocenters. The van der Waals surface area contributed by atoms with E-state index < -0.39 is 0 Å². The third-order valence-corrected chi connectivity index (χ3v) is 4.96. The van der Waals surface area contributed by atoms with Crippen molar-refractivity contribution in [3.05, 3.63) is 34.1 Å². The molecule has 0 bridgehead atoms. The summed E-state index contributed by atoms with van der Waals surface area (Å²) in [5.74, 6) is 2.11. The van der Waals surface area contributed by atoms with Crippen molar-refractivity contribution in [2.75, 3.05) is 19.5 Å². The molecular formula is C18H19N3O3S. The van der Waals surface area contributed by atoms with Gasteiger partial charge in [0, 0.05) is 17.9 Å². The van der Waals surface area contributed by atoms with Crippen LogP contribution in [0, 0.1) is 11.3 Å². The normalized spacial score (nSPS) is 13.0. The van der Waals surface area contributed by atoms with Crippen LogP contribution in [0.1, 0.15) is 25.3 Å². The summed E-state index contributed by atoms with van der Waals surface area (Å²) in [6.45, 7) is 3.23. The molecule has 1 aliphatic heterocycles. The van der Waals surface area contributed by atoms with Gasteiger partial charge in [-0.05, 0) is 31.0 Å². The third kappa shape index (κ3) is 3.35. The first-order valence-corrected chi connectivity index (χ1v) is 9.17. The summed E-state index contributed by atoms with van der Waals surface area (Å²) in [5.41, 5.74) is 0.855. The quantitative estimate of drug-likeness (QED) is 0.766. The summed E-state index contributed by atoms with van der Waals surface area (Å²) in [5, 5.41) is 10.2. The van der Waals surface area contributed by atoms with Crippen LogP contribution in [-0.2, 0) is 6.54 Å². The summed E-state index contributed by atoms with van der Waals surface area (Å²) in [7, 11) is 1.56. The van der Waals surface area contributed by atoms with Crippen molar-refractivity contribution in [3.8, 4) is 28.8 Å². The standard InChI is InChI=1S/C18H19N3O3S/c1-3-8-24-14-6-5-12(10-15(14)23-2)16-13(11-19)17(22)21-7-4-9-25-18(21)20-16/h5-6,10H,3-4,7-9H2,1-2H3. The van der Waals surface area contributed by atoms with Crippen LogP contribution in [0.3, 0.4) is 0 Å². The topological polar surface area (TPSA) is 77.1 Å². The number of hydrogen-bond donors (Lipinski definition) is 0. The zero-order chi connectivity index (χ0) is 17.8. The highest BCUT2D eigenvalue weighted by Gasteiger charge is 2.21. The zero-order valence-electron chi connectivity index (χ0n) is 14.2. The Morgan fingerprint density at radius 2 is 2.24 bits per heavy atom. The van der Waals surface area contributed by atoms with Gasteiger partial charge in [0.2, 0.25) is 0 Å². The molecule has 0 saturated heterocycles. The van der Waals surface area contributed by atoms with Gasteiger partial charge in [0.15, 0.2) is 16.7 Å². The molecule has 1 aromatic carbocycles. The van der Waals surface area contributed by atoms with Crippen LogP contribution in [0.5, 0.6) is 11.5 Å². The molecule has 0 amide bonds. The molecule has 0 fully saturated rings. The number of thioether (sulfide) groups is 1. The molecule has 6 nitrogen and oxygen atoms in total. The Hall–Kier alpha value is -2.46. The first-order chi connectivity index (χ1) is 12.2. The van der Waals surface area contributed by atoms with Gasteiger partial charge in [-0.25, -0.2) is 4.98 Å². The minimum absolute atomic E-state index is 0.0653. The number of rotatable bonds is 5. The van der Waals surface area contributed by atoms with Crippen LogP contribution in [0.15, 0.2) is 28.2 Å². The number of ether oxygens (including phenoxy) is 2. The van der Waals surface area contributed by atoms with Crippen molar-refractivity contribution in [2.45, 2.75) is 31.5 Å². The highest BCUT2D eigenvalue weighted by atomic mass is 32.2. The van der Waals surface area contributed by atoms with E-state index in [1.165, 1.54) is 0 Å². The average molecular weight is 357 g/mol. The van der Waals surface area contributed by atoms with Gasteiger partial charge in [-0.3, -0.25) is 9.36 Å². The van der Waals surface area contributed by atoms with Gasteiger partial charge in [-0.15, -0.1) is 0 Å². The molecule has 2 heterocycles. The molecule has 25 heavy (non-hydrogen) atoms. The summed E-state index contributed by atoms with van der Waals surface area (Å²) < 4.78 is 12.6. The van der Waals surface area contributed by atoms with Gasteiger partial charge < -0.3 is 9.47 Å². The molecule has 7 heteroatoms. The fourth-order valence-electron chi connectivity index (χ4n) is 2.68. The predicted octanol–water partition coefficient (Wildman–Crippen LogP) is 3.08. The van der Waals surface area contributed by atoms with Gasteiger partial charge in [0.1, 0.15) is 11.6 Å². The van der Waals surface area contributed by atoms with Gasteiger partial charge in [0.05, 0.1) is 19.4 Å². The fraction of sp³-hybridized carbons (Fsp3) is 0.389. The minimum atomic E-state index is -0.278. The van der Waals surface area contributed by atoms with Crippen LogP contribution in [0.25, 0.3) is 11.3 Å². The van der Waals surface area contributed by atoms with Crippen molar-refractivity contribution in [1.29, 1.82) is 5.26 Å². The number of fused-ring (bicyclic) bond motifs is 1. The monoisotopic (exact) mass is 357 g/mol. The molecule has 2 aromatic rings. The van der Waals surface area contributed by atoms with Gasteiger partial charge in [-0.1, -0.05) is 18.7 Å². The second-order valence-electron chi connectivity index (χ2n) is 5.60. The molecule has 0 aliphatic carbocycles. The molecule has 130 valence electrons. The van der Waals surface area contributed by atoms with Gasteiger partial charge >= 0.3 is 0 Å². The molecule has 1 aromatic heterocycles. The van der Waals surface area contributed by atoms with Crippen molar-refractivity contribution < 1.29 is 9.47 Å². The van der Waals surface area contributed by atoms with E-state index in [2.05, 4.69) is 4.98 Å². The smallest absolute Gasteiger partial charge is 0.272 e. The lowest BCUT2D eigenvalue weighted by atomic mass is 10.1. The Balaban J connectivity index is 2.11. The minimum Gasteiger partial charge on any atom is -0.493 e. The van der Waals surface area contributed by atoms with Crippen molar-refractivity contribution in [3.63, 3.8) is 0 Å². The lowest BCUT2D eigenvalue weighted by molar-refractivity contribution is 0.294. The Morgan fingerprint density at radius 3 is 2.96 bits per heavy atom. The van der Waals surface area contributed by atoms with Crippen molar-refractivity contribution in [2.24, 2.45) is 0 Å². The van der Waals surface area contributed by atoms with Gasteiger partial charge in [-0.2, -0.15) is 5.26 Å². The molecule has 1 aliphatic rings. The average Bonchev–Trinajstić information content (AvgIpc) is 2.66. The maximum atomic E-state index is 12.6. The third-order valence-electron chi connectivity index (χ3n) is 3.90.